The molecule has 0 saturated heterocycles. The van der Waals surface area contributed by atoms with Gasteiger partial charge in [-0.15, -0.1) is 13.2 Å². The van der Waals surface area contributed by atoms with Crippen molar-refractivity contribution in [1.82, 2.24) is 0 Å². The monoisotopic (exact) mass is 214 g/mol. The van der Waals surface area contributed by atoms with Crippen LogP contribution in [0, 0.1) is 0 Å². The highest BCUT2D eigenvalue weighted by atomic mass is 16.3. The Kier molecular flexibility index (Phi) is 2.93. The summed E-state index contributed by atoms with van der Waals surface area (Å²) in [5, 5.41) is 10.8. The average Bonchev–Trinajstić information content (AvgIpc) is 2.66. The largest absolute Gasteiger partial charge is 0.460 e. The normalized spacial score (nSPS) is 12.6. The first-order chi connectivity index (χ1) is 7.77. The second-order valence-electron chi connectivity index (χ2n) is 3.61. The van der Waals surface area contributed by atoms with Gasteiger partial charge in [0.15, 0.2) is 0 Å². The number of furan rings is 1. The molecule has 2 rings (SSSR count). The maximum Gasteiger partial charge on any atom is 0.134 e. The molecule has 1 atom stereocenters. The number of aliphatic hydroxyl groups is 1. The first-order valence-corrected chi connectivity index (χ1v) is 5.19. The van der Waals surface area contributed by atoms with Gasteiger partial charge in [-0.1, -0.05) is 30.4 Å². The minimum absolute atomic E-state index is 0.606. The van der Waals surface area contributed by atoms with Crippen LogP contribution in [0.25, 0.3) is 11.0 Å². The molecule has 2 heteroatoms. The van der Waals surface area contributed by atoms with E-state index in [1.807, 2.05) is 24.3 Å². The maximum atomic E-state index is 9.91. The predicted octanol–water partition coefficient (Wildman–Crippen LogP) is 3.38. The first-order valence-electron chi connectivity index (χ1n) is 5.19. The Morgan fingerprint density at radius 2 is 2.06 bits per heavy atom. The second kappa shape index (κ2) is 4.37. The highest BCUT2D eigenvalue weighted by Crippen LogP contribution is 2.31. The smallest absolute Gasteiger partial charge is 0.134 e. The fourth-order valence-electron chi connectivity index (χ4n) is 1.84. The van der Waals surface area contributed by atoms with E-state index < -0.39 is 6.10 Å². The summed E-state index contributed by atoms with van der Waals surface area (Å²) in [6.45, 7) is 7.29. The fraction of sp³-hybridized carbons (Fsp3) is 0.143. The van der Waals surface area contributed by atoms with Crippen molar-refractivity contribution in [1.29, 1.82) is 0 Å². The van der Waals surface area contributed by atoms with Gasteiger partial charge in [0.1, 0.15) is 17.4 Å². The van der Waals surface area contributed by atoms with Crippen molar-refractivity contribution in [2.75, 3.05) is 0 Å². The molecular formula is C14H14O2. The minimum Gasteiger partial charge on any atom is -0.460 e. The number of benzene rings is 1. The SMILES string of the molecule is C=CCc1oc2ccccc2c1C(O)C=C. The quantitative estimate of drug-likeness (QED) is 0.791. The highest BCUT2D eigenvalue weighted by Gasteiger charge is 2.17. The zero-order chi connectivity index (χ0) is 11.5. The van der Waals surface area contributed by atoms with Gasteiger partial charge in [0.2, 0.25) is 0 Å². The van der Waals surface area contributed by atoms with Crippen molar-refractivity contribution in [2.45, 2.75) is 12.5 Å². The molecular weight excluding hydrogens is 200 g/mol. The Hall–Kier alpha value is -1.80. The van der Waals surface area contributed by atoms with E-state index in [4.69, 9.17) is 4.42 Å². The van der Waals surface area contributed by atoms with E-state index in [0.29, 0.717) is 6.42 Å². The molecule has 0 amide bonds. The van der Waals surface area contributed by atoms with Gasteiger partial charge in [-0.05, 0) is 6.07 Å². The lowest BCUT2D eigenvalue weighted by Crippen LogP contribution is -1.95. The fourth-order valence-corrected chi connectivity index (χ4v) is 1.84. The van der Waals surface area contributed by atoms with Gasteiger partial charge in [-0.3, -0.25) is 0 Å². The van der Waals surface area contributed by atoms with Crippen molar-refractivity contribution < 1.29 is 9.52 Å². The zero-order valence-corrected chi connectivity index (χ0v) is 9.02. The van der Waals surface area contributed by atoms with Gasteiger partial charge in [-0.2, -0.15) is 0 Å². The van der Waals surface area contributed by atoms with E-state index in [1.165, 1.54) is 6.08 Å². The van der Waals surface area contributed by atoms with Gasteiger partial charge in [0.25, 0.3) is 0 Å². The topological polar surface area (TPSA) is 33.4 Å². The summed E-state index contributed by atoms with van der Waals surface area (Å²) in [6, 6.07) is 7.66. The van der Waals surface area contributed by atoms with Crippen LogP contribution in [0.3, 0.4) is 0 Å². The number of aliphatic hydroxyl groups excluding tert-OH is 1. The summed E-state index contributed by atoms with van der Waals surface area (Å²) < 4.78 is 5.68. The Labute approximate surface area is 94.5 Å². The Balaban J connectivity index is 2.68. The van der Waals surface area contributed by atoms with Crippen LogP contribution in [0.5, 0.6) is 0 Å². The number of hydrogen-bond donors (Lipinski definition) is 1. The molecule has 0 saturated carbocycles. The van der Waals surface area contributed by atoms with E-state index in [9.17, 15) is 5.11 Å². The number of para-hydroxylation sites is 1. The van der Waals surface area contributed by atoms with Gasteiger partial charge >= 0.3 is 0 Å². The molecule has 0 spiro atoms. The predicted molar refractivity (Wildman–Crippen MR) is 65.3 cm³/mol. The van der Waals surface area contributed by atoms with Crippen LogP contribution in [0.15, 0.2) is 54.0 Å². The van der Waals surface area contributed by atoms with Crippen LogP contribution in [-0.2, 0) is 6.42 Å². The van der Waals surface area contributed by atoms with Crippen LogP contribution in [0.2, 0.25) is 0 Å². The summed E-state index contributed by atoms with van der Waals surface area (Å²) >= 11 is 0. The molecule has 0 aliphatic carbocycles. The third-order valence-corrected chi connectivity index (χ3v) is 2.56. The molecule has 1 aromatic heterocycles. The van der Waals surface area contributed by atoms with E-state index >= 15 is 0 Å². The maximum absolute atomic E-state index is 9.91. The second-order valence-corrected chi connectivity index (χ2v) is 3.61. The van der Waals surface area contributed by atoms with Crippen LogP contribution >= 0.6 is 0 Å². The molecule has 0 fully saturated rings. The number of allylic oxidation sites excluding steroid dienone is 1. The molecule has 0 bridgehead atoms. The lowest BCUT2D eigenvalue weighted by atomic mass is 10.0. The minimum atomic E-state index is -0.696. The summed E-state index contributed by atoms with van der Waals surface area (Å²) in [7, 11) is 0. The third kappa shape index (κ3) is 1.68. The van der Waals surface area contributed by atoms with Crippen LogP contribution < -0.4 is 0 Å². The van der Waals surface area contributed by atoms with Crippen LogP contribution in [0.1, 0.15) is 17.4 Å². The molecule has 2 aromatic rings. The molecule has 1 aromatic carbocycles. The summed E-state index contributed by atoms with van der Waals surface area (Å²) in [5.74, 6) is 0.753. The van der Waals surface area contributed by atoms with Crippen molar-refractivity contribution in [3.05, 3.63) is 60.9 Å². The van der Waals surface area contributed by atoms with Gasteiger partial charge in [0.05, 0.1) is 0 Å². The molecule has 0 aliphatic rings. The summed E-state index contributed by atoms with van der Waals surface area (Å²) in [4.78, 5) is 0. The Morgan fingerprint density at radius 3 is 2.75 bits per heavy atom. The molecule has 1 N–H and O–H groups in total. The van der Waals surface area contributed by atoms with Crippen molar-refractivity contribution in [3.8, 4) is 0 Å². The first kappa shape index (κ1) is 10.7. The average molecular weight is 214 g/mol. The van der Waals surface area contributed by atoms with Crippen molar-refractivity contribution in [2.24, 2.45) is 0 Å². The molecule has 82 valence electrons. The molecule has 0 radical (unpaired) electrons. The molecule has 1 unspecified atom stereocenters. The van der Waals surface area contributed by atoms with Crippen molar-refractivity contribution >= 4 is 11.0 Å². The number of hydrogen-bond acceptors (Lipinski definition) is 2. The van der Waals surface area contributed by atoms with E-state index in [0.717, 1.165) is 22.3 Å². The molecule has 16 heavy (non-hydrogen) atoms. The van der Waals surface area contributed by atoms with E-state index in [-0.39, 0.29) is 0 Å². The Morgan fingerprint density at radius 1 is 1.31 bits per heavy atom. The van der Waals surface area contributed by atoms with E-state index in [2.05, 4.69) is 13.2 Å². The molecule has 2 nitrogen and oxygen atoms in total. The third-order valence-electron chi connectivity index (χ3n) is 2.56. The van der Waals surface area contributed by atoms with Gasteiger partial charge in [-0.25, -0.2) is 0 Å². The van der Waals surface area contributed by atoms with E-state index in [1.54, 1.807) is 6.08 Å². The molecule has 1 heterocycles. The number of fused-ring (bicyclic) bond motifs is 1. The lowest BCUT2D eigenvalue weighted by Gasteiger charge is -2.04. The van der Waals surface area contributed by atoms with Crippen LogP contribution in [0.4, 0.5) is 0 Å². The lowest BCUT2D eigenvalue weighted by molar-refractivity contribution is 0.227. The zero-order valence-electron chi connectivity index (χ0n) is 9.02. The summed E-state index contributed by atoms with van der Waals surface area (Å²) in [6.07, 6.45) is 3.18. The highest BCUT2D eigenvalue weighted by molar-refractivity contribution is 5.83. The summed E-state index contributed by atoms with van der Waals surface area (Å²) in [5.41, 5.74) is 1.58. The molecule has 0 aliphatic heterocycles. The van der Waals surface area contributed by atoms with Gasteiger partial charge in [0, 0.05) is 17.4 Å². The van der Waals surface area contributed by atoms with Crippen LogP contribution in [-0.4, -0.2) is 5.11 Å². The van der Waals surface area contributed by atoms with Gasteiger partial charge < -0.3 is 9.52 Å². The number of rotatable bonds is 4. The van der Waals surface area contributed by atoms with Crippen molar-refractivity contribution in [3.63, 3.8) is 0 Å². The Bertz CT molecular complexity index is 523. The standard InChI is InChI=1S/C14H14O2/c1-3-7-13-14(11(15)4-2)10-8-5-6-9-12(10)16-13/h3-6,8-9,11,15H,1-2,7H2.